The smallest absolute Gasteiger partial charge is 0.251 e. The van der Waals surface area contributed by atoms with E-state index in [4.69, 9.17) is 14.2 Å². The molecular formula is C35H43N3O5. The fourth-order valence-electron chi connectivity index (χ4n) is 5.62. The molecule has 8 nitrogen and oxygen atoms in total. The molecule has 5 rings (SSSR count). The van der Waals surface area contributed by atoms with Crippen molar-refractivity contribution in [2.24, 2.45) is 5.92 Å². The Labute approximate surface area is 254 Å². The van der Waals surface area contributed by atoms with E-state index in [0.29, 0.717) is 50.6 Å². The first-order valence-corrected chi connectivity index (χ1v) is 15.2. The maximum absolute atomic E-state index is 13.9. The van der Waals surface area contributed by atoms with Gasteiger partial charge in [-0.05, 0) is 86.7 Å². The molecule has 3 aromatic carbocycles. The maximum atomic E-state index is 13.9. The van der Waals surface area contributed by atoms with E-state index in [1.165, 1.54) is 16.7 Å². The molecular weight excluding hydrogens is 542 g/mol. The van der Waals surface area contributed by atoms with Crippen LogP contribution in [-0.4, -0.2) is 62.2 Å². The molecule has 1 heterocycles. The third kappa shape index (κ3) is 7.94. The van der Waals surface area contributed by atoms with Gasteiger partial charge in [0.15, 0.2) is 0 Å². The number of piperidine rings is 1. The number of para-hydroxylation sites is 1. The largest absolute Gasteiger partial charge is 0.496 e. The molecule has 8 heteroatoms. The summed E-state index contributed by atoms with van der Waals surface area (Å²) in [4.78, 5) is 29.2. The van der Waals surface area contributed by atoms with E-state index in [0.717, 1.165) is 30.7 Å². The zero-order chi connectivity index (χ0) is 30.2. The van der Waals surface area contributed by atoms with E-state index in [2.05, 4.69) is 42.7 Å². The second-order valence-electron chi connectivity index (χ2n) is 11.5. The average molecular weight is 586 g/mol. The lowest BCUT2D eigenvalue weighted by molar-refractivity contribution is -0.138. The first kappa shape index (κ1) is 30.6. The number of benzene rings is 3. The summed E-state index contributed by atoms with van der Waals surface area (Å²) in [5, 5.41) is 6.55. The zero-order valence-corrected chi connectivity index (χ0v) is 25.4. The lowest BCUT2D eigenvalue weighted by atomic mass is 9.91. The second-order valence-corrected chi connectivity index (χ2v) is 11.5. The van der Waals surface area contributed by atoms with Crippen LogP contribution in [0.1, 0.15) is 51.9 Å². The highest BCUT2D eigenvalue weighted by Gasteiger charge is 2.40. The Bertz CT molecular complexity index is 1390. The van der Waals surface area contributed by atoms with Gasteiger partial charge in [0.1, 0.15) is 18.1 Å². The van der Waals surface area contributed by atoms with E-state index >= 15 is 0 Å². The number of hydrogen-bond acceptors (Lipinski definition) is 6. The van der Waals surface area contributed by atoms with Crippen molar-refractivity contribution >= 4 is 11.8 Å². The number of amides is 2. The number of nitrogens with one attached hydrogen (secondary N) is 2. The molecule has 2 N–H and O–H groups in total. The molecule has 2 amide bonds. The van der Waals surface area contributed by atoms with Crippen molar-refractivity contribution in [3.05, 3.63) is 94.5 Å². The number of carbonyl (C=O) groups excluding carboxylic acids is 2. The molecule has 43 heavy (non-hydrogen) atoms. The van der Waals surface area contributed by atoms with E-state index in [1.807, 2.05) is 29.2 Å². The highest BCUT2D eigenvalue weighted by atomic mass is 16.5. The van der Waals surface area contributed by atoms with Crippen LogP contribution in [0.25, 0.3) is 0 Å². The van der Waals surface area contributed by atoms with Crippen LogP contribution in [0.15, 0.2) is 66.7 Å². The minimum absolute atomic E-state index is 0.123. The van der Waals surface area contributed by atoms with Crippen LogP contribution in [0, 0.1) is 19.8 Å². The van der Waals surface area contributed by atoms with E-state index in [1.54, 1.807) is 31.4 Å². The van der Waals surface area contributed by atoms with Gasteiger partial charge in [-0.15, -0.1) is 0 Å². The summed E-state index contributed by atoms with van der Waals surface area (Å²) in [5.74, 6) is 1.11. The van der Waals surface area contributed by atoms with E-state index < -0.39 is 0 Å². The summed E-state index contributed by atoms with van der Waals surface area (Å²) < 4.78 is 16.9. The van der Waals surface area contributed by atoms with Crippen molar-refractivity contribution < 1.29 is 23.8 Å². The number of carbonyl (C=O) groups is 2. The molecule has 0 bridgehead atoms. The van der Waals surface area contributed by atoms with Gasteiger partial charge < -0.3 is 29.7 Å². The van der Waals surface area contributed by atoms with Crippen molar-refractivity contribution in [1.82, 2.24) is 15.5 Å². The topological polar surface area (TPSA) is 89.1 Å². The van der Waals surface area contributed by atoms with Crippen LogP contribution in [0.2, 0.25) is 0 Å². The van der Waals surface area contributed by atoms with Crippen molar-refractivity contribution in [2.75, 3.05) is 33.4 Å². The van der Waals surface area contributed by atoms with Crippen LogP contribution in [0.3, 0.4) is 0 Å². The average Bonchev–Trinajstić information content (AvgIpc) is 3.87. The third-order valence-electron chi connectivity index (χ3n) is 8.51. The highest BCUT2D eigenvalue weighted by molar-refractivity contribution is 5.95. The minimum atomic E-state index is -0.304. The number of rotatable bonds is 13. The van der Waals surface area contributed by atoms with Crippen LogP contribution in [0.5, 0.6) is 11.5 Å². The lowest BCUT2D eigenvalue weighted by Gasteiger charge is -2.36. The number of methoxy groups -OCH3 is 1. The predicted octanol–water partition coefficient (Wildman–Crippen LogP) is 4.81. The van der Waals surface area contributed by atoms with Gasteiger partial charge in [-0.3, -0.25) is 9.59 Å². The molecule has 2 atom stereocenters. The van der Waals surface area contributed by atoms with Crippen LogP contribution in [0.4, 0.5) is 0 Å². The number of hydrogen-bond donors (Lipinski definition) is 2. The number of aryl methyl sites for hydroxylation is 1. The van der Waals surface area contributed by atoms with Crippen molar-refractivity contribution in [1.29, 1.82) is 0 Å². The summed E-state index contributed by atoms with van der Waals surface area (Å²) in [7, 11) is 1.65. The fourth-order valence-corrected chi connectivity index (χ4v) is 5.62. The number of nitrogens with zero attached hydrogens (tertiary/aromatic N) is 1. The molecule has 1 saturated heterocycles. The molecule has 0 aromatic heterocycles. The Morgan fingerprint density at radius 1 is 0.930 bits per heavy atom. The Morgan fingerprint density at radius 2 is 1.70 bits per heavy atom. The third-order valence-corrected chi connectivity index (χ3v) is 8.51. The van der Waals surface area contributed by atoms with Crippen LogP contribution in [-0.2, 0) is 22.7 Å². The second kappa shape index (κ2) is 14.5. The first-order chi connectivity index (χ1) is 20.9. The Balaban J connectivity index is 1.13. The Morgan fingerprint density at radius 3 is 2.47 bits per heavy atom. The minimum Gasteiger partial charge on any atom is -0.496 e. The van der Waals surface area contributed by atoms with Gasteiger partial charge in [-0.25, -0.2) is 0 Å². The van der Waals surface area contributed by atoms with Gasteiger partial charge in [-0.1, -0.05) is 36.4 Å². The molecule has 1 unspecified atom stereocenters. The monoisotopic (exact) mass is 585 g/mol. The fraction of sp³-hybridized carbons (Fsp3) is 0.429. The van der Waals surface area contributed by atoms with Gasteiger partial charge in [0.05, 0.1) is 26.2 Å². The van der Waals surface area contributed by atoms with Crippen molar-refractivity contribution in [2.45, 2.75) is 58.3 Å². The molecule has 228 valence electrons. The molecule has 0 radical (unpaired) electrons. The Kier molecular flexibility index (Phi) is 10.3. The quantitative estimate of drug-likeness (QED) is 0.280. The Hall–Kier alpha value is -3.88. The van der Waals surface area contributed by atoms with Gasteiger partial charge in [0.2, 0.25) is 5.91 Å². The first-order valence-electron chi connectivity index (χ1n) is 15.2. The van der Waals surface area contributed by atoms with Crippen molar-refractivity contribution in [3.63, 3.8) is 0 Å². The molecule has 1 saturated carbocycles. The van der Waals surface area contributed by atoms with Gasteiger partial charge >= 0.3 is 0 Å². The zero-order valence-electron chi connectivity index (χ0n) is 25.4. The molecule has 2 fully saturated rings. The number of ether oxygens (including phenoxy) is 3. The van der Waals surface area contributed by atoms with Crippen LogP contribution >= 0.6 is 0 Å². The molecule has 1 aliphatic heterocycles. The van der Waals surface area contributed by atoms with E-state index in [-0.39, 0.29) is 29.8 Å². The summed E-state index contributed by atoms with van der Waals surface area (Å²) >= 11 is 0. The van der Waals surface area contributed by atoms with Gasteiger partial charge in [0.25, 0.3) is 5.91 Å². The summed E-state index contributed by atoms with van der Waals surface area (Å²) in [6.07, 6.45) is 2.78. The van der Waals surface area contributed by atoms with Crippen molar-refractivity contribution in [3.8, 4) is 11.5 Å². The molecule has 2 aliphatic rings. The predicted molar refractivity (Wildman–Crippen MR) is 166 cm³/mol. The van der Waals surface area contributed by atoms with Gasteiger partial charge in [0, 0.05) is 36.3 Å². The van der Waals surface area contributed by atoms with Crippen LogP contribution < -0.4 is 20.1 Å². The van der Waals surface area contributed by atoms with E-state index in [9.17, 15) is 9.59 Å². The highest BCUT2D eigenvalue weighted by Crippen LogP contribution is 2.32. The summed E-state index contributed by atoms with van der Waals surface area (Å²) in [5.41, 5.74) is 5.19. The normalized spacial score (nSPS) is 18.1. The van der Waals surface area contributed by atoms with Gasteiger partial charge in [-0.2, -0.15) is 0 Å². The summed E-state index contributed by atoms with van der Waals surface area (Å²) in [6, 6.07) is 21.2. The SMILES string of the molecule is COc1ccccc1COCCOc1ccc(C(=O)N[C@H]2CCNCC2C(=O)N(Cc2cccc(C)c2C)C2CC2)cc1. The molecule has 1 aliphatic carbocycles. The standard InChI is InChI=1S/C35H43N3O5/c1-24-7-6-9-27(25(24)2)22-38(29-13-14-29)35(40)31-21-36-18-17-32(31)37-34(39)26-11-15-30(16-12-26)43-20-19-42-23-28-8-4-5-10-33(28)41-3/h4-12,15-16,29,31-32,36H,13-14,17-23H2,1-3H3,(H,37,39)/t31?,32-/m0/s1. The lowest BCUT2D eigenvalue weighted by Crippen LogP contribution is -2.55. The summed E-state index contributed by atoms with van der Waals surface area (Å²) in [6.45, 7) is 7.42. The molecule has 0 spiro atoms. The maximum Gasteiger partial charge on any atom is 0.251 e. The molecule has 3 aromatic rings.